The fraction of sp³-hybridized carbons (Fsp3) is 0.700. The van der Waals surface area contributed by atoms with Crippen LogP contribution in [0.25, 0.3) is 0 Å². The second kappa shape index (κ2) is 9.26. The van der Waals surface area contributed by atoms with Gasteiger partial charge in [-0.3, -0.25) is 14.7 Å². The predicted molar refractivity (Wildman–Crippen MR) is 114 cm³/mol. The second-order valence-corrected chi connectivity index (χ2v) is 8.48. The van der Waals surface area contributed by atoms with Crippen molar-refractivity contribution in [3.8, 4) is 0 Å². The highest BCUT2D eigenvalue weighted by molar-refractivity contribution is 5.85. The number of pyridine rings is 1. The quantitative estimate of drug-likeness (QED) is 0.748. The van der Waals surface area contributed by atoms with Gasteiger partial charge in [-0.05, 0) is 63.7 Å². The number of carbonyl (C=O) groups is 1. The molecule has 1 amide bonds. The summed E-state index contributed by atoms with van der Waals surface area (Å²) in [6, 6.07) is 3.78. The molecule has 0 radical (unpaired) electrons. The predicted octanol–water partition coefficient (Wildman–Crippen LogP) is 1.81. The topological polar surface area (TPSA) is 68.7 Å². The number of aliphatic hydroxyl groups is 1. The van der Waals surface area contributed by atoms with E-state index in [9.17, 15) is 9.90 Å². The molecule has 2 N–H and O–H groups in total. The van der Waals surface area contributed by atoms with Crippen molar-refractivity contribution in [3.63, 3.8) is 0 Å². The minimum absolute atomic E-state index is 0. The minimum atomic E-state index is -0.858. The molecule has 1 aromatic heterocycles. The van der Waals surface area contributed by atoms with Crippen LogP contribution in [0.15, 0.2) is 24.5 Å². The van der Waals surface area contributed by atoms with Crippen LogP contribution < -0.4 is 5.32 Å². The molecule has 4 rings (SSSR count). The van der Waals surface area contributed by atoms with E-state index in [1.54, 1.807) is 12.4 Å². The fourth-order valence-corrected chi connectivity index (χ4v) is 5.10. The average Bonchev–Trinajstić information content (AvgIpc) is 2.98. The van der Waals surface area contributed by atoms with Gasteiger partial charge in [0.05, 0.1) is 11.6 Å². The first-order chi connectivity index (χ1) is 12.5. The number of likely N-dealkylation sites (tertiary alicyclic amines) is 2. The van der Waals surface area contributed by atoms with Gasteiger partial charge in [0, 0.05) is 37.6 Å². The van der Waals surface area contributed by atoms with Gasteiger partial charge in [-0.25, -0.2) is 0 Å². The Kier molecular flexibility index (Phi) is 7.73. The molecule has 8 heteroatoms. The zero-order chi connectivity index (χ0) is 18.2. The summed E-state index contributed by atoms with van der Waals surface area (Å²) in [4.78, 5) is 21.5. The van der Waals surface area contributed by atoms with Gasteiger partial charge in [0.1, 0.15) is 0 Å². The normalized spacial score (nSPS) is 26.4. The highest BCUT2D eigenvalue weighted by atomic mass is 35.5. The first kappa shape index (κ1) is 23.4. The number of nitrogens with zero attached hydrogens (tertiary/aromatic N) is 3. The molecular formula is C20H32Cl2N4O2. The van der Waals surface area contributed by atoms with Crippen LogP contribution in [0.3, 0.4) is 0 Å². The molecule has 1 atom stereocenters. The summed E-state index contributed by atoms with van der Waals surface area (Å²) in [5.74, 6) is 0.246. The van der Waals surface area contributed by atoms with Gasteiger partial charge in [0.2, 0.25) is 5.91 Å². The largest absolute Gasteiger partial charge is 0.385 e. The van der Waals surface area contributed by atoms with Crippen LogP contribution >= 0.6 is 24.8 Å². The number of rotatable bonds is 2. The van der Waals surface area contributed by atoms with Crippen LogP contribution in [0, 0.1) is 5.41 Å². The lowest BCUT2D eigenvalue weighted by Crippen LogP contribution is -2.50. The molecule has 3 aliphatic rings. The smallest absolute Gasteiger partial charge is 0.239 e. The molecule has 1 spiro atoms. The molecule has 3 saturated heterocycles. The maximum atomic E-state index is 13.2. The number of halogens is 2. The molecule has 3 aliphatic heterocycles. The third kappa shape index (κ3) is 4.46. The van der Waals surface area contributed by atoms with Gasteiger partial charge in [0.25, 0.3) is 0 Å². The minimum Gasteiger partial charge on any atom is -0.385 e. The second-order valence-electron chi connectivity index (χ2n) is 8.48. The lowest BCUT2D eigenvalue weighted by Gasteiger charge is -2.40. The standard InChI is InChI=1S/C20H30N4O2.2ClH/c1-23-15-19(4-9-21-10-5-19)13-17(23)18(25)24-11-6-20(26,7-12-24)16-3-2-8-22-14-16;;/h2-3,8,14,17,21,26H,4-7,9-13,15H2,1H3;2*1H. The molecule has 158 valence electrons. The number of hydrogen-bond acceptors (Lipinski definition) is 5. The van der Waals surface area contributed by atoms with Crippen LogP contribution in [0.2, 0.25) is 0 Å². The summed E-state index contributed by atoms with van der Waals surface area (Å²) in [5, 5.41) is 14.4. The molecular weight excluding hydrogens is 399 g/mol. The van der Waals surface area contributed by atoms with Crippen LogP contribution in [0.4, 0.5) is 0 Å². The van der Waals surface area contributed by atoms with Crippen LogP contribution in [-0.2, 0) is 10.4 Å². The number of amides is 1. The highest BCUT2D eigenvalue weighted by Gasteiger charge is 2.47. The number of aromatic nitrogens is 1. The number of likely N-dealkylation sites (N-methyl/N-ethyl adjacent to an activating group) is 1. The Balaban J connectivity index is 0.00000140. The summed E-state index contributed by atoms with van der Waals surface area (Å²) in [7, 11) is 2.09. The molecule has 1 aromatic rings. The van der Waals surface area contributed by atoms with E-state index in [4.69, 9.17) is 0 Å². The summed E-state index contributed by atoms with van der Waals surface area (Å²) < 4.78 is 0. The van der Waals surface area contributed by atoms with Crippen molar-refractivity contribution < 1.29 is 9.90 Å². The molecule has 0 saturated carbocycles. The Hall–Kier alpha value is -0.920. The lowest BCUT2D eigenvalue weighted by molar-refractivity contribution is -0.140. The van der Waals surface area contributed by atoms with Gasteiger partial charge in [0.15, 0.2) is 0 Å². The Labute approximate surface area is 179 Å². The molecule has 1 unspecified atom stereocenters. The highest BCUT2D eigenvalue weighted by Crippen LogP contribution is 2.42. The summed E-state index contributed by atoms with van der Waals surface area (Å²) in [6.45, 7) is 4.39. The first-order valence-corrected chi connectivity index (χ1v) is 9.84. The van der Waals surface area contributed by atoms with Crippen molar-refractivity contribution in [1.82, 2.24) is 20.1 Å². The first-order valence-electron chi connectivity index (χ1n) is 9.84. The molecule has 28 heavy (non-hydrogen) atoms. The van der Waals surface area contributed by atoms with Gasteiger partial charge in [-0.1, -0.05) is 6.07 Å². The van der Waals surface area contributed by atoms with E-state index >= 15 is 0 Å². The number of hydrogen-bond donors (Lipinski definition) is 2. The maximum Gasteiger partial charge on any atom is 0.239 e. The number of carbonyl (C=O) groups excluding carboxylic acids is 1. The van der Waals surface area contributed by atoms with E-state index in [1.807, 2.05) is 17.0 Å². The lowest BCUT2D eigenvalue weighted by atomic mass is 9.77. The molecule has 3 fully saturated rings. The fourth-order valence-electron chi connectivity index (χ4n) is 5.10. The number of nitrogens with one attached hydrogen (secondary N) is 1. The number of piperidine rings is 2. The van der Waals surface area contributed by atoms with Crippen molar-refractivity contribution in [2.24, 2.45) is 5.41 Å². The van der Waals surface area contributed by atoms with Gasteiger partial charge in [-0.15, -0.1) is 24.8 Å². The monoisotopic (exact) mass is 430 g/mol. The van der Waals surface area contributed by atoms with E-state index < -0.39 is 5.60 Å². The van der Waals surface area contributed by atoms with Crippen molar-refractivity contribution in [3.05, 3.63) is 30.1 Å². The van der Waals surface area contributed by atoms with Crippen LogP contribution in [-0.4, -0.2) is 71.6 Å². The van der Waals surface area contributed by atoms with E-state index in [0.717, 1.165) is 31.6 Å². The van der Waals surface area contributed by atoms with Crippen molar-refractivity contribution in [2.45, 2.75) is 43.7 Å². The molecule has 0 bridgehead atoms. The van der Waals surface area contributed by atoms with Crippen molar-refractivity contribution in [1.29, 1.82) is 0 Å². The molecule has 0 aromatic carbocycles. The van der Waals surface area contributed by atoms with Crippen LogP contribution in [0.1, 0.15) is 37.7 Å². The van der Waals surface area contributed by atoms with Crippen molar-refractivity contribution in [2.75, 3.05) is 39.8 Å². The van der Waals surface area contributed by atoms with Gasteiger partial charge >= 0.3 is 0 Å². The third-order valence-electron chi connectivity index (χ3n) is 6.79. The van der Waals surface area contributed by atoms with E-state index in [-0.39, 0.29) is 36.8 Å². The van der Waals surface area contributed by atoms with Crippen molar-refractivity contribution >= 4 is 30.7 Å². The third-order valence-corrected chi connectivity index (χ3v) is 6.79. The Morgan fingerprint density at radius 2 is 1.89 bits per heavy atom. The van der Waals surface area contributed by atoms with Gasteiger partial charge < -0.3 is 15.3 Å². The SMILES string of the molecule is CN1CC2(CCNCC2)CC1C(=O)N1CCC(O)(c2cccnc2)CC1.Cl.Cl. The molecule has 0 aliphatic carbocycles. The average molecular weight is 431 g/mol. The maximum absolute atomic E-state index is 13.2. The Bertz CT molecular complexity index is 647. The Morgan fingerprint density at radius 1 is 1.21 bits per heavy atom. The zero-order valence-electron chi connectivity index (χ0n) is 16.5. The molecule has 4 heterocycles. The summed E-state index contributed by atoms with van der Waals surface area (Å²) in [5.41, 5.74) is 0.314. The van der Waals surface area contributed by atoms with E-state index in [2.05, 4.69) is 22.2 Å². The van der Waals surface area contributed by atoms with Gasteiger partial charge in [-0.2, -0.15) is 0 Å². The summed E-state index contributed by atoms with van der Waals surface area (Å²) in [6.07, 6.45) is 7.93. The van der Waals surface area contributed by atoms with Crippen LogP contribution in [0.5, 0.6) is 0 Å². The molecule has 6 nitrogen and oxygen atoms in total. The summed E-state index contributed by atoms with van der Waals surface area (Å²) >= 11 is 0. The Morgan fingerprint density at radius 3 is 2.50 bits per heavy atom. The van der Waals surface area contributed by atoms with E-state index in [0.29, 0.717) is 31.3 Å². The zero-order valence-corrected chi connectivity index (χ0v) is 18.1. The van der Waals surface area contributed by atoms with E-state index in [1.165, 1.54) is 12.8 Å².